The maximum absolute atomic E-state index is 7.43. The Labute approximate surface area is 72.4 Å². The van der Waals surface area contributed by atoms with Gasteiger partial charge in [0.2, 0.25) is 0 Å². The number of nitrogens with one attached hydrogen (secondary N) is 1. The van der Waals surface area contributed by atoms with Crippen molar-refractivity contribution < 1.29 is 0 Å². The molecule has 0 aromatic heterocycles. The van der Waals surface area contributed by atoms with Crippen LogP contribution in [-0.2, 0) is 0 Å². The van der Waals surface area contributed by atoms with E-state index < -0.39 is 7.07 Å². The molecule has 2 fully saturated rings. The van der Waals surface area contributed by atoms with Gasteiger partial charge >= 0.3 is 0 Å². The molecule has 3 N–H and O–H groups in total. The highest BCUT2D eigenvalue weighted by Crippen LogP contribution is 2.60. The highest BCUT2D eigenvalue weighted by molar-refractivity contribution is 8.52. The number of fused-ring (bicyclic) bond motifs is 2. The van der Waals surface area contributed by atoms with Crippen molar-refractivity contribution >= 4 is 18.4 Å². The Morgan fingerprint density at radius 2 is 2.09 bits per heavy atom. The van der Waals surface area contributed by atoms with Gasteiger partial charge in [0.25, 0.3) is 0 Å². The minimum atomic E-state index is -1.29. The van der Waals surface area contributed by atoms with E-state index in [0.29, 0.717) is 4.75 Å². The predicted molar refractivity (Wildman–Crippen MR) is 52.1 cm³/mol. The summed E-state index contributed by atoms with van der Waals surface area (Å²) in [7, 11) is -1.29. The molecule has 2 rings (SSSR count). The van der Waals surface area contributed by atoms with E-state index in [1.54, 1.807) is 11.4 Å². The molecule has 0 aromatic carbocycles. The van der Waals surface area contributed by atoms with Crippen molar-refractivity contribution in [1.82, 2.24) is 0 Å². The van der Waals surface area contributed by atoms with Crippen molar-refractivity contribution in [3.63, 3.8) is 0 Å². The van der Waals surface area contributed by atoms with Gasteiger partial charge in [0.15, 0.2) is 0 Å². The average molecular weight is 190 g/mol. The van der Waals surface area contributed by atoms with E-state index in [-0.39, 0.29) is 0 Å². The van der Waals surface area contributed by atoms with Crippen LogP contribution in [0.15, 0.2) is 0 Å². The first-order valence-corrected chi connectivity index (χ1v) is 7.35. The fourth-order valence-electron chi connectivity index (χ4n) is 2.52. The third-order valence-corrected chi connectivity index (χ3v) is 6.19. The zero-order valence-electron chi connectivity index (χ0n) is 6.60. The van der Waals surface area contributed by atoms with Gasteiger partial charge in [0.05, 0.1) is 7.07 Å². The molecule has 2 bridgehead atoms. The van der Waals surface area contributed by atoms with Crippen LogP contribution >= 0.6 is 18.4 Å². The number of hydrogen-bond donors (Lipinski definition) is 2. The summed E-state index contributed by atoms with van der Waals surface area (Å²) in [5.41, 5.74) is 5.58. The summed E-state index contributed by atoms with van der Waals surface area (Å²) in [6.45, 7) is 0. The SMILES string of the molecule is N=[PH](N)SC12CCC(CC1)C2. The second kappa shape index (κ2) is 2.79. The molecule has 4 heteroatoms. The molecule has 0 spiro atoms. The first-order valence-electron chi connectivity index (χ1n) is 4.23. The predicted octanol–water partition coefficient (Wildman–Crippen LogP) is 2.82. The Balaban J connectivity index is 2.05. The Kier molecular flexibility index (Phi) is 2.07. The average Bonchev–Trinajstić information content (AvgIpc) is 2.43. The standard InChI is InChI=1S/C7H15N2PS/c8-10(9)11-7-3-1-6(5-7)2-4-7/h6,10H,1-5H2,(H3,8,9). The molecular formula is C7H15N2PS. The molecule has 0 aromatic rings. The van der Waals surface area contributed by atoms with Crippen LogP contribution < -0.4 is 5.50 Å². The molecule has 1 unspecified atom stereocenters. The first-order chi connectivity index (χ1) is 5.20. The Bertz CT molecular complexity index is 187. The molecule has 2 nitrogen and oxygen atoms in total. The molecule has 0 radical (unpaired) electrons. The van der Waals surface area contributed by atoms with Crippen molar-refractivity contribution in [2.45, 2.75) is 36.9 Å². The molecule has 0 heterocycles. The summed E-state index contributed by atoms with van der Waals surface area (Å²) < 4.78 is 0.482. The van der Waals surface area contributed by atoms with E-state index in [9.17, 15) is 0 Å². The van der Waals surface area contributed by atoms with Gasteiger partial charge in [0.1, 0.15) is 0 Å². The summed E-state index contributed by atoms with van der Waals surface area (Å²) in [6.07, 6.45) is 6.85. The van der Waals surface area contributed by atoms with Crippen molar-refractivity contribution in [2.24, 2.45) is 11.4 Å². The van der Waals surface area contributed by atoms with E-state index in [0.717, 1.165) is 5.92 Å². The fourth-order valence-corrected chi connectivity index (χ4v) is 6.00. The van der Waals surface area contributed by atoms with E-state index >= 15 is 0 Å². The minimum absolute atomic E-state index is 0.482. The topological polar surface area (TPSA) is 49.9 Å². The molecule has 11 heavy (non-hydrogen) atoms. The molecule has 0 amide bonds. The highest BCUT2D eigenvalue weighted by atomic mass is 32.7. The molecule has 2 aliphatic carbocycles. The van der Waals surface area contributed by atoms with Gasteiger partial charge in [0, 0.05) is 4.75 Å². The second-order valence-corrected chi connectivity index (χ2v) is 7.53. The summed E-state index contributed by atoms with van der Waals surface area (Å²) in [6, 6.07) is 0. The van der Waals surface area contributed by atoms with Gasteiger partial charge in [-0.15, -0.1) is 0 Å². The third kappa shape index (κ3) is 1.51. The highest BCUT2D eigenvalue weighted by Gasteiger charge is 2.45. The fraction of sp³-hybridized carbons (Fsp3) is 1.00. The summed E-state index contributed by atoms with van der Waals surface area (Å²) in [5, 5.41) is 7.43. The van der Waals surface area contributed by atoms with Gasteiger partial charge in [-0.2, -0.15) is 0 Å². The van der Waals surface area contributed by atoms with Gasteiger partial charge < -0.3 is 0 Å². The first kappa shape index (κ1) is 8.15. The maximum atomic E-state index is 7.43. The lowest BCUT2D eigenvalue weighted by molar-refractivity contribution is 0.501. The lowest BCUT2D eigenvalue weighted by Crippen LogP contribution is -2.15. The molecule has 2 saturated carbocycles. The number of rotatable bonds is 2. The van der Waals surface area contributed by atoms with Crippen molar-refractivity contribution in [3.05, 3.63) is 0 Å². The second-order valence-electron chi connectivity index (χ2n) is 3.80. The van der Waals surface area contributed by atoms with Crippen LogP contribution in [0.2, 0.25) is 0 Å². The lowest BCUT2D eigenvalue weighted by Gasteiger charge is -2.24. The van der Waals surface area contributed by atoms with Crippen LogP contribution in [-0.4, -0.2) is 4.75 Å². The van der Waals surface area contributed by atoms with E-state index in [4.69, 9.17) is 10.7 Å². The van der Waals surface area contributed by atoms with Gasteiger partial charge in [-0.1, -0.05) is 11.4 Å². The third-order valence-electron chi connectivity index (χ3n) is 3.00. The maximum Gasteiger partial charge on any atom is 0.0647 e. The van der Waals surface area contributed by atoms with Crippen LogP contribution in [0, 0.1) is 11.1 Å². The van der Waals surface area contributed by atoms with Crippen molar-refractivity contribution in [1.29, 1.82) is 5.16 Å². The quantitative estimate of drug-likeness (QED) is 0.658. The molecule has 1 atom stereocenters. The zero-order valence-corrected chi connectivity index (χ0v) is 8.41. The molecule has 0 aliphatic heterocycles. The van der Waals surface area contributed by atoms with Crippen LogP contribution in [0.1, 0.15) is 32.1 Å². The van der Waals surface area contributed by atoms with Crippen LogP contribution in [0.4, 0.5) is 0 Å². The van der Waals surface area contributed by atoms with Crippen molar-refractivity contribution in [3.8, 4) is 0 Å². The normalized spacial score (nSPS) is 44.6. The van der Waals surface area contributed by atoms with Gasteiger partial charge in [-0.05, 0) is 38.0 Å². The smallest absolute Gasteiger partial charge is 0.0647 e. The van der Waals surface area contributed by atoms with Crippen LogP contribution in [0.25, 0.3) is 0 Å². The molecule has 0 saturated heterocycles. The van der Waals surface area contributed by atoms with E-state index in [1.165, 1.54) is 32.1 Å². The number of nitrogens with two attached hydrogens (primary N) is 1. The van der Waals surface area contributed by atoms with Gasteiger partial charge in [-0.25, -0.2) is 0 Å². The van der Waals surface area contributed by atoms with Crippen LogP contribution in [0.3, 0.4) is 0 Å². The Morgan fingerprint density at radius 1 is 1.45 bits per heavy atom. The number of hydrogen-bond acceptors (Lipinski definition) is 2. The molecular weight excluding hydrogens is 175 g/mol. The van der Waals surface area contributed by atoms with Gasteiger partial charge in [-0.3, -0.25) is 10.7 Å². The summed E-state index contributed by atoms with van der Waals surface area (Å²) in [5.74, 6) is 0.990. The van der Waals surface area contributed by atoms with E-state index in [2.05, 4.69) is 0 Å². The Hall–Kier alpha value is 0.540. The van der Waals surface area contributed by atoms with Crippen LogP contribution in [0.5, 0.6) is 0 Å². The molecule has 64 valence electrons. The molecule has 2 aliphatic rings. The van der Waals surface area contributed by atoms with Crippen molar-refractivity contribution in [2.75, 3.05) is 0 Å². The Morgan fingerprint density at radius 3 is 2.45 bits per heavy atom. The summed E-state index contributed by atoms with van der Waals surface area (Å²) in [4.78, 5) is 0. The zero-order chi connectivity index (χ0) is 7.90. The van der Waals surface area contributed by atoms with E-state index in [1.807, 2.05) is 0 Å². The largest absolute Gasteiger partial charge is 0.297 e. The minimum Gasteiger partial charge on any atom is -0.297 e. The lowest BCUT2D eigenvalue weighted by atomic mass is 10.0. The monoisotopic (exact) mass is 190 g/mol. The summed E-state index contributed by atoms with van der Waals surface area (Å²) >= 11 is 1.80.